The third-order valence-corrected chi connectivity index (χ3v) is 2.08. The SMILES string of the molecule is O=C(Cl)c1ncc([N+](=O)[O-])c(OC(F)(F)F)c1C(F)(F)F. The highest BCUT2D eigenvalue weighted by Crippen LogP contribution is 2.45. The fourth-order valence-corrected chi connectivity index (χ4v) is 1.39. The van der Waals surface area contributed by atoms with Crippen LogP contribution in [0.2, 0.25) is 0 Å². The summed E-state index contributed by atoms with van der Waals surface area (Å²) in [6, 6.07) is 0. The van der Waals surface area contributed by atoms with E-state index in [0.29, 0.717) is 0 Å². The van der Waals surface area contributed by atoms with Crippen LogP contribution < -0.4 is 4.74 Å². The van der Waals surface area contributed by atoms with Gasteiger partial charge in [-0.1, -0.05) is 0 Å². The zero-order chi connectivity index (χ0) is 16.6. The van der Waals surface area contributed by atoms with E-state index in [4.69, 9.17) is 11.6 Å². The van der Waals surface area contributed by atoms with E-state index in [0.717, 1.165) is 0 Å². The Labute approximate surface area is 115 Å². The normalized spacial score (nSPS) is 12.1. The van der Waals surface area contributed by atoms with E-state index in [1.165, 1.54) is 0 Å². The average molecular weight is 339 g/mol. The molecule has 6 nitrogen and oxygen atoms in total. The molecular weight excluding hydrogens is 338 g/mol. The van der Waals surface area contributed by atoms with Crippen LogP contribution in [-0.2, 0) is 6.18 Å². The molecule has 0 N–H and O–H groups in total. The first-order valence-electron chi connectivity index (χ1n) is 4.54. The molecule has 0 radical (unpaired) electrons. The van der Waals surface area contributed by atoms with Crippen LogP contribution in [0.4, 0.5) is 32.0 Å². The molecule has 0 fully saturated rings. The number of aromatic nitrogens is 1. The maximum absolute atomic E-state index is 12.8. The Bertz CT molecular complexity index is 600. The van der Waals surface area contributed by atoms with Crippen LogP contribution in [0.1, 0.15) is 16.1 Å². The van der Waals surface area contributed by atoms with Gasteiger partial charge in [-0.05, 0) is 11.6 Å². The largest absolute Gasteiger partial charge is 0.573 e. The summed E-state index contributed by atoms with van der Waals surface area (Å²) >= 11 is 4.78. The summed E-state index contributed by atoms with van der Waals surface area (Å²) in [5.41, 5.74) is -5.75. The molecule has 116 valence electrons. The second-order valence-corrected chi connectivity index (χ2v) is 3.62. The van der Waals surface area contributed by atoms with E-state index < -0.39 is 45.4 Å². The van der Waals surface area contributed by atoms with Gasteiger partial charge in [-0.3, -0.25) is 14.9 Å². The van der Waals surface area contributed by atoms with Crippen molar-refractivity contribution in [2.24, 2.45) is 0 Å². The Balaban J connectivity index is 3.77. The van der Waals surface area contributed by atoms with Gasteiger partial charge < -0.3 is 4.74 Å². The van der Waals surface area contributed by atoms with Gasteiger partial charge in [0.25, 0.3) is 5.24 Å². The van der Waals surface area contributed by atoms with Gasteiger partial charge in [0.1, 0.15) is 17.5 Å². The van der Waals surface area contributed by atoms with Gasteiger partial charge in [0.05, 0.1) is 4.92 Å². The first kappa shape index (κ1) is 16.9. The predicted octanol–water partition coefficient (Wildman–Crippen LogP) is 3.29. The van der Waals surface area contributed by atoms with Crippen LogP contribution in [0.15, 0.2) is 6.20 Å². The molecule has 0 aliphatic heterocycles. The lowest BCUT2D eigenvalue weighted by Crippen LogP contribution is -2.23. The number of hydrogen-bond acceptors (Lipinski definition) is 5. The van der Waals surface area contributed by atoms with Gasteiger partial charge in [0.15, 0.2) is 0 Å². The maximum atomic E-state index is 12.8. The molecule has 1 aromatic rings. The van der Waals surface area contributed by atoms with Gasteiger partial charge in [0.2, 0.25) is 5.75 Å². The van der Waals surface area contributed by atoms with E-state index in [9.17, 15) is 41.3 Å². The van der Waals surface area contributed by atoms with Gasteiger partial charge in [-0.25, -0.2) is 4.98 Å². The minimum absolute atomic E-state index is 0.00588. The van der Waals surface area contributed by atoms with E-state index >= 15 is 0 Å². The van der Waals surface area contributed by atoms with Crippen molar-refractivity contribution in [2.45, 2.75) is 12.5 Å². The second-order valence-electron chi connectivity index (χ2n) is 3.27. The molecule has 0 aliphatic rings. The van der Waals surface area contributed by atoms with Crippen molar-refractivity contribution in [3.8, 4) is 5.75 Å². The number of nitro groups is 1. The number of ether oxygens (including phenoxy) is 1. The summed E-state index contributed by atoms with van der Waals surface area (Å²) in [5, 5.41) is 8.64. The lowest BCUT2D eigenvalue weighted by Gasteiger charge is -2.16. The molecule has 0 spiro atoms. The van der Waals surface area contributed by atoms with Gasteiger partial charge in [-0.15, -0.1) is 13.2 Å². The van der Waals surface area contributed by atoms with Crippen LogP contribution >= 0.6 is 11.6 Å². The molecule has 1 aromatic heterocycles. The summed E-state index contributed by atoms with van der Waals surface area (Å²) < 4.78 is 77.7. The molecule has 0 atom stereocenters. The van der Waals surface area contributed by atoms with Crippen LogP contribution in [0.25, 0.3) is 0 Å². The molecule has 0 unspecified atom stereocenters. The molecule has 0 aliphatic carbocycles. The topological polar surface area (TPSA) is 82.3 Å². The molecule has 0 aromatic carbocycles. The number of alkyl halides is 6. The lowest BCUT2D eigenvalue weighted by molar-refractivity contribution is -0.389. The number of pyridine rings is 1. The molecule has 0 bridgehead atoms. The Morgan fingerprint density at radius 1 is 1.29 bits per heavy atom. The van der Waals surface area contributed by atoms with Crippen LogP contribution in [0.3, 0.4) is 0 Å². The molecule has 1 rings (SSSR count). The van der Waals surface area contributed by atoms with Crippen molar-refractivity contribution in [2.75, 3.05) is 0 Å². The Morgan fingerprint density at radius 3 is 2.14 bits per heavy atom. The Hall–Kier alpha value is -2.11. The van der Waals surface area contributed by atoms with Crippen molar-refractivity contribution in [1.29, 1.82) is 0 Å². The summed E-state index contributed by atoms with van der Waals surface area (Å²) in [5.74, 6) is -2.21. The van der Waals surface area contributed by atoms with Gasteiger partial charge >= 0.3 is 18.2 Å². The molecule has 0 saturated carbocycles. The summed E-state index contributed by atoms with van der Waals surface area (Å²) in [4.78, 5) is 22.5. The third kappa shape index (κ3) is 3.93. The van der Waals surface area contributed by atoms with E-state index in [2.05, 4.69) is 9.72 Å². The number of nitrogens with zero attached hydrogens (tertiary/aromatic N) is 2. The van der Waals surface area contributed by atoms with Gasteiger partial charge in [0, 0.05) is 0 Å². The fraction of sp³-hybridized carbons (Fsp3) is 0.250. The lowest BCUT2D eigenvalue weighted by atomic mass is 10.1. The Kier molecular flexibility index (Phi) is 4.32. The fourth-order valence-electron chi connectivity index (χ4n) is 1.25. The molecule has 13 heteroatoms. The molecular formula is C8HClF6N2O4. The van der Waals surface area contributed by atoms with Crippen LogP contribution in [-0.4, -0.2) is 21.5 Å². The van der Waals surface area contributed by atoms with E-state index in [-0.39, 0.29) is 6.20 Å². The highest BCUT2D eigenvalue weighted by atomic mass is 35.5. The maximum Gasteiger partial charge on any atom is 0.573 e. The first-order valence-corrected chi connectivity index (χ1v) is 4.92. The van der Waals surface area contributed by atoms with E-state index in [1.807, 2.05) is 0 Å². The highest BCUT2D eigenvalue weighted by molar-refractivity contribution is 6.67. The van der Waals surface area contributed by atoms with Crippen molar-refractivity contribution >= 4 is 22.5 Å². The zero-order valence-corrected chi connectivity index (χ0v) is 10.0. The minimum atomic E-state index is -5.67. The summed E-state index contributed by atoms with van der Waals surface area (Å²) in [6.07, 6.45) is -11.3. The van der Waals surface area contributed by atoms with Crippen molar-refractivity contribution in [1.82, 2.24) is 4.98 Å². The Morgan fingerprint density at radius 2 is 1.81 bits per heavy atom. The summed E-state index contributed by atoms with van der Waals surface area (Å²) in [7, 11) is 0. The number of halogens is 7. The number of rotatable bonds is 3. The predicted molar refractivity (Wildman–Crippen MR) is 52.8 cm³/mol. The van der Waals surface area contributed by atoms with Crippen molar-refractivity contribution in [3.05, 3.63) is 27.6 Å². The van der Waals surface area contributed by atoms with Gasteiger partial charge in [-0.2, -0.15) is 13.2 Å². The number of hydrogen-bond donors (Lipinski definition) is 0. The highest BCUT2D eigenvalue weighted by Gasteiger charge is 2.47. The number of carbonyl (C=O) groups excluding carboxylic acids is 1. The monoisotopic (exact) mass is 338 g/mol. The molecule has 0 amide bonds. The third-order valence-electron chi connectivity index (χ3n) is 1.90. The van der Waals surface area contributed by atoms with Crippen LogP contribution in [0.5, 0.6) is 5.75 Å². The molecule has 1 heterocycles. The molecule has 21 heavy (non-hydrogen) atoms. The number of carbonyl (C=O) groups is 1. The average Bonchev–Trinajstić information content (AvgIpc) is 2.23. The van der Waals surface area contributed by atoms with Crippen LogP contribution in [0, 0.1) is 10.1 Å². The van der Waals surface area contributed by atoms with E-state index in [1.54, 1.807) is 0 Å². The first-order chi connectivity index (χ1) is 9.34. The quantitative estimate of drug-likeness (QED) is 0.365. The smallest absolute Gasteiger partial charge is 0.398 e. The molecule has 0 saturated heterocycles. The second kappa shape index (κ2) is 5.35. The minimum Gasteiger partial charge on any atom is -0.398 e. The van der Waals surface area contributed by atoms with Crippen molar-refractivity contribution < 1.29 is 40.8 Å². The zero-order valence-electron chi connectivity index (χ0n) is 9.25. The summed E-state index contributed by atoms with van der Waals surface area (Å²) in [6.45, 7) is 0. The van der Waals surface area contributed by atoms with Crippen molar-refractivity contribution in [3.63, 3.8) is 0 Å². The standard InChI is InChI=1S/C8HClF6N2O4/c9-6(18)4-3(7(10,11)12)5(21-8(13,14)15)2(1-16-4)17(19)20/h1H.